The van der Waals surface area contributed by atoms with Crippen LogP contribution in [-0.2, 0) is 16.1 Å². The molecular formula is C16H18N2O4. The van der Waals surface area contributed by atoms with Gasteiger partial charge in [-0.05, 0) is 18.4 Å². The first-order chi connectivity index (χ1) is 10.7. The lowest BCUT2D eigenvalue weighted by Gasteiger charge is -2.15. The highest BCUT2D eigenvalue weighted by atomic mass is 16.6. The number of aromatic amines is 1. The van der Waals surface area contributed by atoms with E-state index in [1.165, 1.54) is 16.8 Å². The molecule has 0 unspecified atom stereocenters. The van der Waals surface area contributed by atoms with E-state index >= 15 is 0 Å². The highest BCUT2D eigenvalue weighted by molar-refractivity contribution is 5.13. The molecule has 1 aliphatic rings. The Labute approximate surface area is 127 Å². The van der Waals surface area contributed by atoms with Crippen molar-refractivity contribution >= 4 is 0 Å². The van der Waals surface area contributed by atoms with Crippen LogP contribution in [0.15, 0.2) is 52.2 Å². The lowest BCUT2D eigenvalue weighted by Crippen LogP contribution is -2.31. The van der Waals surface area contributed by atoms with E-state index in [1.807, 2.05) is 30.3 Å². The molecule has 6 nitrogen and oxygen atoms in total. The van der Waals surface area contributed by atoms with E-state index in [4.69, 9.17) is 9.47 Å². The van der Waals surface area contributed by atoms with Gasteiger partial charge in [-0.25, -0.2) is 4.79 Å². The third kappa shape index (κ3) is 3.52. The Hall–Kier alpha value is -2.18. The van der Waals surface area contributed by atoms with Gasteiger partial charge in [0.1, 0.15) is 6.23 Å². The Kier molecular flexibility index (Phi) is 4.50. The molecule has 2 aromatic rings. The van der Waals surface area contributed by atoms with Crippen molar-refractivity contribution in [3.63, 3.8) is 0 Å². The molecule has 0 bridgehead atoms. The second-order valence-corrected chi connectivity index (χ2v) is 5.31. The molecule has 116 valence electrons. The summed E-state index contributed by atoms with van der Waals surface area (Å²) in [5.41, 5.74) is 0.277. The molecule has 2 atom stereocenters. The summed E-state index contributed by atoms with van der Waals surface area (Å²) in [5.74, 6) is 0. The van der Waals surface area contributed by atoms with Gasteiger partial charge in [0.25, 0.3) is 5.56 Å². The minimum atomic E-state index is -0.441. The second-order valence-electron chi connectivity index (χ2n) is 5.31. The molecule has 0 aliphatic carbocycles. The predicted octanol–water partition coefficient (Wildman–Crippen LogP) is 1.43. The molecule has 22 heavy (non-hydrogen) atoms. The first-order valence-corrected chi connectivity index (χ1v) is 7.31. The number of aromatic nitrogens is 2. The van der Waals surface area contributed by atoms with Crippen LogP contribution >= 0.6 is 0 Å². The second kappa shape index (κ2) is 6.72. The average molecular weight is 302 g/mol. The third-order valence-electron chi connectivity index (χ3n) is 3.66. The molecule has 1 N–H and O–H groups in total. The molecule has 2 heterocycles. The van der Waals surface area contributed by atoms with Gasteiger partial charge >= 0.3 is 5.69 Å². The Morgan fingerprint density at radius 1 is 1.18 bits per heavy atom. The third-order valence-corrected chi connectivity index (χ3v) is 3.66. The summed E-state index contributed by atoms with van der Waals surface area (Å²) in [6, 6.07) is 11.3. The average Bonchev–Trinajstić information content (AvgIpc) is 2.97. The Bertz CT molecular complexity index is 723. The molecule has 1 aliphatic heterocycles. The predicted molar refractivity (Wildman–Crippen MR) is 80.6 cm³/mol. The highest BCUT2D eigenvalue weighted by Crippen LogP contribution is 2.27. The lowest BCUT2D eigenvalue weighted by atomic mass is 10.2. The van der Waals surface area contributed by atoms with E-state index in [1.54, 1.807) is 0 Å². The molecule has 0 amide bonds. The zero-order chi connectivity index (χ0) is 15.4. The minimum absolute atomic E-state index is 0.0347. The summed E-state index contributed by atoms with van der Waals surface area (Å²) in [4.78, 5) is 25.0. The zero-order valence-electron chi connectivity index (χ0n) is 12.1. The monoisotopic (exact) mass is 302 g/mol. The summed E-state index contributed by atoms with van der Waals surface area (Å²) < 4.78 is 12.9. The fourth-order valence-corrected chi connectivity index (χ4v) is 2.55. The number of hydrogen-bond donors (Lipinski definition) is 1. The number of rotatable bonds is 5. The number of hydrogen-bond acceptors (Lipinski definition) is 4. The van der Waals surface area contributed by atoms with Gasteiger partial charge in [0, 0.05) is 12.3 Å². The zero-order valence-corrected chi connectivity index (χ0v) is 12.1. The number of nitrogens with zero attached hydrogens (tertiary/aromatic N) is 1. The van der Waals surface area contributed by atoms with Crippen molar-refractivity contribution in [2.45, 2.75) is 31.8 Å². The van der Waals surface area contributed by atoms with Gasteiger partial charge in [-0.2, -0.15) is 0 Å². The molecule has 0 spiro atoms. The van der Waals surface area contributed by atoms with Crippen LogP contribution in [0.25, 0.3) is 0 Å². The van der Waals surface area contributed by atoms with Crippen LogP contribution in [-0.4, -0.2) is 22.3 Å². The quantitative estimate of drug-likeness (QED) is 0.907. The fraction of sp³-hybridized carbons (Fsp3) is 0.375. The lowest BCUT2D eigenvalue weighted by molar-refractivity contribution is -0.0462. The summed E-state index contributed by atoms with van der Waals surface area (Å²) in [7, 11) is 0. The van der Waals surface area contributed by atoms with Crippen molar-refractivity contribution in [2.75, 3.05) is 6.61 Å². The SMILES string of the molecule is O=c1ccn([C@@H]2CC[C@H](COCc3ccccc3)O2)c(=O)[nH]1. The maximum Gasteiger partial charge on any atom is 0.330 e. The molecule has 3 rings (SSSR count). The fourth-order valence-electron chi connectivity index (χ4n) is 2.55. The summed E-state index contributed by atoms with van der Waals surface area (Å²) in [6.45, 7) is 1.04. The first-order valence-electron chi connectivity index (χ1n) is 7.31. The van der Waals surface area contributed by atoms with E-state index in [0.717, 1.165) is 18.4 Å². The van der Waals surface area contributed by atoms with Crippen molar-refractivity contribution in [1.29, 1.82) is 0 Å². The van der Waals surface area contributed by atoms with Gasteiger partial charge in [0.15, 0.2) is 0 Å². The van der Waals surface area contributed by atoms with Gasteiger partial charge in [-0.3, -0.25) is 14.3 Å². The number of H-pyrrole nitrogens is 1. The van der Waals surface area contributed by atoms with E-state index in [2.05, 4.69) is 4.98 Å². The van der Waals surface area contributed by atoms with Crippen LogP contribution in [0, 0.1) is 0 Å². The summed E-state index contributed by atoms with van der Waals surface area (Å²) in [6.07, 6.45) is 2.65. The Balaban J connectivity index is 1.52. The number of ether oxygens (including phenoxy) is 2. The highest BCUT2D eigenvalue weighted by Gasteiger charge is 2.27. The van der Waals surface area contributed by atoms with Crippen LogP contribution in [0.3, 0.4) is 0 Å². The maximum absolute atomic E-state index is 11.7. The molecular weight excluding hydrogens is 284 g/mol. The van der Waals surface area contributed by atoms with E-state index in [-0.39, 0.29) is 12.3 Å². The van der Waals surface area contributed by atoms with Crippen molar-refractivity contribution in [1.82, 2.24) is 9.55 Å². The molecule has 0 radical (unpaired) electrons. The van der Waals surface area contributed by atoms with Crippen LogP contribution in [0.5, 0.6) is 0 Å². The maximum atomic E-state index is 11.7. The topological polar surface area (TPSA) is 73.3 Å². The van der Waals surface area contributed by atoms with E-state index in [0.29, 0.717) is 13.2 Å². The molecule has 1 fully saturated rings. The van der Waals surface area contributed by atoms with Gasteiger partial charge in [-0.1, -0.05) is 30.3 Å². The van der Waals surface area contributed by atoms with Crippen molar-refractivity contribution in [2.24, 2.45) is 0 Å². The van der Waals surface area contributed by atoms with Gasteiger partial charge in [0.2, 0.25) is 0 Å². The number of benzene rings is 1. The van der Waals surface area contributed by atoms with Crippen LogP contribution in [0.1, 0.15) is 24.6 Å². The molecule has 1 aromatic carbocycles. The van der Waals surface area contributed by atoms with Crippen molar-refractivity contribution in [3.8, 4) is 0 Å². The normalized spacial score (nSPS) is 21.1. The largest absolute Gasteiger partial charge is 0.374 e. The molecule has 1 aromatic heterocycles. The molecule has 0 saturated carbocycles. The summed E-state index contributed by atoms with van der Waals surface area (Å²) >= 11 is 0. The summed E-state index contributed by atoms with van der Waals surface area (Å²) in [5, 5.41) is 0. The van der Waals surface area contributed by atoms with Crippen LogP contribution in [0.4, 0.5) is 0 Å². The number of nitrogens with one attached hydrogen (secondary N) is 1. The first kappa shape index (κ1) is 14.7. The van der Waals surface area contributed by atoms with Crippen LogP contribution in [0.2, 0.25) is 0 Å². The Morgan fingerprint density at radius 2 is 2.00 bits per heavy atom. The van der Waals surface area contributed by atoms with Gasteiger partial charge in [-0.15, -0.1) is 0 Å². The minimum Gasteiger partial charge on any atom is -0.374 e. The Morgan fingerprint density at radius 3 is 2.77 bits per heavy atom. The molecule has 6 heteroatoms. The van der Waals surface area contributed by atoms with Crippen molar-refractivity contribution in [3.05, 3.63) is 69.0 Å². The van der Waals surface area contributed by atoms with E-state index < -0.39 is 11.2 Å². The standard InChI is InChI=1S/C16H18N2O4/c19-14-8-9-18(16(20)17-14)15-7-6-13(22-15)11-21-10-12-4-2-1-3-5-12/h1-5,8-9,13,15H,6-7,10-11H2,(H,17,19,20)/t13-,15+/m1/s1. The van der Waals surface area contributed by atoms with Crippen LogP contribution < -0.4 is 11.2 Å². The smallest absolute Gasteiger partial charge is 0.330 e. The van der Waals surface area contributed by atoms with E-state index in [9.17, 15) is 9.59 Å². The van der Waals surface area contributed by atoms with Gasteiger partial charge < -0.3 is 9.47 Å². The molecule has 1 saturated heterocycles. The van der Waals surface area contributed by atoms with Crippen molar-refractivity contribution < 1.29 is 9.47 Å². The van der Waals surface area contributed by atoms with Gasteiger partial charge in [0.05, 0.1) is 19.3 Å².